The van der Waals surface area contributed by atoms with Crippen LogP contribution in [0.3, 0.4) is 0 Å². The van der Waals surface area contributed by atoms with E-state index in [-0.39, 0.29) is 0 Å². The largest absolute Gasteiger partial charge is 0.493 e. The third-order valence-electron chi connectivity index (χ3n) is 5.39. The van der Waals surface area contributed by atoms with Gasteiger partial charge >= 0.3 is 0 Å². The van der Waals surface area contributed by atoms with Gasteiger partial charge in [-0.3, -0.25) is 0 Å². The smallest absolute Gasteiger partial charge is 0.247 e. The van der Waals surface area contributed by atoms with Gasteiger partial charge in [-0.1, -0.05) is 66.4 Å². The molecular formula is C27H24N4O3S. The molecule has 0 saturated carbocycles. The number of nitrogens with one attached hydrogen (secondary N) is 1. The number of hydrogen-bond donors (Lipinski definition) is 1. The highest BCUT2D eigenvalue weighted by atomic mass is 32.2. The molecule has 7 nitrogen and oxygen atoms in total. The molecule has 1 aliphatic rings. The number of ether oxygens (including phenoxy) is 3. The first-order valence-corrected chi connectivity index (χ1v) is 12.1. The van der Waals surface area contributed by atoms with Crippen LogP contribution in [-0.4, -0.2) is 28.0 Å². The van der Waals surface area contributed by atoms with Gasteiger partial charge in [0.15, 0.2) is 23.4 Å². The van der Waals surface area contributed by atoms with Crippen molar-refractivity contribution in [2.24, 2.45) is 0 Å². The van der Waals surface area contributed by atoms with E-state index in [1.807, 2.05) is 72.8 Å². The normalized spacial score (nSPS) is 13.9. The zero-order valence-corrected chi connectivity index (χ0v) is 20.0. The number of aromatic nitrogens is 3. The van der Waals surface area contributed by atoms with Crippen LogP contribution in [0.5, 0.6) is 17.4 Å². The number of rotatable bonds is 8. The molecule has 176 valence electrons. The predicted octanol–water partition coefficient (Wildman–Crippen LogP) is 5.91. The van der Waals surface area contributed by atoms with Crippen molar-refractivity contribution in [3.05, 3.63) is 96.6 Å². The monoisotopic (exact) mass is 484 g/mol. The Morgan fingerprint density at radius 2 is 1.86 bits per heavy atom. The molecule has 1 unspecified atom stereocenters. The van der Waals surface area contributed by atoms with Crippen molar-refractivity contribution in [3.63, 3.8) is 0 Å². The summed E-state index contributed by atoms with van der Waals surface area (Å²) in [6.45, 7) is 4.20. The van der Waals surface area contributed by atoms with Gasteiger partial charge in [0, 0.05) is 22.6 Å². The Bertz CT molecular complexity index is 1330. The van der Waals surface area contributed by atoms with Gasteiger partial charge in [-0.25, -0.2) is 0 Å². The molecule has 0 aliphatic carbocycles. The summed E-state index contributed by atoms with van der Waals surface area (Å²) in [4.78, 5) is 4.63. The molecule has 1 aromatic heterocycles. The lowest BCUT2D eigenvalue weighted by molar-refractivity contribution is 0.224. The Kier molecular flexibility index (Phi) is 6.81. The van der Waals surface area contributed by atoms with Gasteiger partial charge in [0.05, 0.1) is 7.11 Å². The third kappa shape index (κ3) is 5.07. The van der Waals surface area contributed by atoms with E-state index in [2.05, 4.69) is 27.1 Å². The SMILES string of the molecule is C=CCSc1nnc2c(n1)OC(c1ccc(OCc3ccccc3)c(OC)c1)Nc1ccccc1-2. The van der Waals surface area contributed by atoms with Crippen molar-refractivity contribution < 1.29 is 14.2 Å². The van der Waals surface area contributed by atoms with E-state index < -0.39 is 6.23 Å². The molecule has 8 heteroatoms. The summed E-state index contributed by atoms with van der Waals surface area (Å²) in [5.74, 6) is 2.36. The van der Waals surface area contributed by atoms with Gasteiger partial charge in [-0.05, 0) is 29.8 Å². The molecule has 2 heterocycles. The molecule has 1 aliphatic heterocycles. The van der Waals surface area contributed by atoms with E-state index in [9.17, 15) is 0 Å². The standard InChI is InChI=1S/C27H24N4O3S/c1-3-15-35-27-29-26-24(30-31-27)20-11-7-8-12-21(20)28-25(34-26)19-13-14-22(23(16-19)32-2)33-17-18-9-5-4-6-10-18/h3-14,16,25,28H,1,15,17H2,2H3. The van der Waals surface area contributed by atoms with Crippen molar-refractivity contribution in [1.82, 2.24) is 15.2 Å². The number of nitrogens with zero attached hydrogens (tertiary/aromatic N) is 3. The molecule has 35 heavy (non-hydrogen) atoms. The maximum Gasteiger partial charge on any atom is 0.247 e. The number of para-hydroxylation sites is 1. The highest BCUT2D eigenvalue weighted by Crippen LogP contribution is 2.40. The van der Waals surface area contributed by atoms with Crippen molar-refractivity contribution in [3.8, 4) is 28.6 Å². The second kappa shape index (κ2) is 10.5. The molecular weight excluding hydrogens is 460 g/mol. The highest BCUT2D eigenvalue weighted by Gasteiger charge is 2.26. The lowest BCUT2D eigenvalue weighted by atomic mass is 10.1. The van der Waals surface area contributed by atoms with Crippen molar-refractivity contribution in [2.45, 2.75) is 18.0 Å². The number of hydrogen-bond acceptors (Lipinski definition) is 8. The molecule has 1 atom stereocenters. The number of thioether (sulfide) groups is 1. The van der Waals surface area contributed by atoms with Crippen LogP contribution in [0.15, 0.2) is 90.6 Å². The summed E-state index contributed by atoms with van der Waals surface area (Å²) in [7, 11) is 1.63. The van der Waals surface area contributed by atoms with E-state index in [1.165, 1.54) is 11.8 Å². The average molecular weight is 485 g/mol. The maximum absolute atomic E-state index is 6.35. The molecule has 1 N–H and O–H groups in total. The minimum absolute atomic E-state index is 0.414. The van der Waals surface area contributed by atoms with Gasteiger partial charge in [-0.2, -0.15) is 4.98 Å². The quantitative estimate of drug-likeness (QED) is 0.244. The fourth-order valence-electron chi connectivity index (χ4n) is 3.69. The van der Waals surface area contributed by atoms with Gasteiger partial charge in [0.25, 0.3) is 0 Å². The van der Waals surface area contributed by atoms with E-state index in [1.54, 1.807) is 13.2 Å². The van der Waals surface area contributed by atoms with Crippen LogP contribution < -0.4 is 19.5 Å². The first-order valence-electron chi connectivity index (χ1n) is 11.1. The summed E-state index contributed by atoms with van der Waals surface area (Å²) in [5, 5.41) is 12.7. The third-order valence-corrected chi connectivity index (χ3v) is 6.22. The Balaban J connectivity index is 1.46. The number of benzene rings is 3. The fourth-order valence-corrected chi connectivity index (χ4v) is 4.21. The summed E-state index contributed by atoms with van der Waals surface area (Å²) >= 11 is 1.45. The number of fused-ring (bicyclic) bond motifs is 3. The van der Waals surface area contributed by atoms with Gasteiger partial charge in [0.2, 0.25) is 11.0 Å². The second-order valence-electron chi connectivity index (χ2n) is 7.72. The predicted molar refractivity (Wildman–Crippen MR) is 137 cm³/mol. The minimum atomic E-state index is -0.525. The lowest BCUT2D eigenvalue weighted by Gasteiger charge is -2.21. The molecule has 5 rings (SSSR count). The van der Waals surface area contributed by atoms with E-state index in [4.69, 9.17) is 14.2 Å². The second-order valence-corrected chi connectivity index (χ2v) is 8.71. The highest BCUT2D eigenvalue weighted by molar-refractivity contribution is 7.99. The number of methoxy groups -OCH3 is 1. The molecule has 0 bridgehead atoms. The molecule has 0 amide bonds. The summed E-state index contributed by atoms with van der Waals surface area (Å²) in [6.07, 6.45) is 1.27. The zero-order chi connectivity index (χ0) is 24.0. The van der Waals surface area contributed by atoms with Gasteiger partial charge in [-0.15, -0.1) is 16.8 Å². The molecule has 0 radical (unpaired) electrons. The molecule has 0 saturated heterocycles. The van der Waals surface area contributed by atoms with Crippen LogP contribution in [0, 0.1) is 0 Å². The molecule has 3 aromatic carbocycles. The topological polar surface area (TPSA) is 78.4 Å². The first-order chi connectivity index (χ1) is 17.2. The van der Waals surface area contributed by atoms with Crippen LogP contribution in [0.2, 0.25) is 0 Å². The molecule has 0 spiro atoms. The van der Waals surface area contributed by atoms with Crippen molar-refractivity contribution in [2.75, 3.05) is 18.2 Å². The molecule has 0 fully saturated rings. The lowest BCUT2D eigenvalue weighted by Crippen LogP contribution is -2.17. The molecule has 4 aromatic rings. The zero-order valence-electron chi connectivity index (χ0n) is 19.2. The van der Waals surface area contributed by atoms with E-state index >= 15 is 0 Å². The minimum Gasteiger partial charge on any atom is -0.493 e. The van der Waals surface area contributed by atoms with Gasteiger partial charge < -0.3 is 19.5 Å². The summed E-state index contributed by atoms with van der Waals surface area (Å²) in [5.41, 5.74) is 4.28. The number of anilines is 1. The van der Waals surface area contributed by atoms with E-state index in [0.717, 1.165) is 22.4 Å². The van der Waals surface area contributed by atoms with E-state index in [0.29, 0.717) is 40.6 Å². The van der Waals surface area contributed by atoms with Crippen molar-refractivity contribution in [1.29, 1.82) is 0 Å². The summed E-state index contributed by atoms with van der Waals surface area (Å²) < 4.78 is 18.0. The average Bonchev–Trinajstić information content (AvgIpc) is 3.07. The van der Waals surface area contributed by atoms with Crippen LogP contribution >= 0.6 is 11.8 Å². The Hall–Kier alpha value is -4.04. The first kappa shape index (κ1) is 22.7. The van der Waals surface area contributed by atoms with Crippen LogP contribution in [0.1, 0.15) is 17.4 Å². The van der Waals surface area contributed by atoms with Crippen LogP contribution in [0.25, 0.3) is 11.3 Å². The fraction of sp³-hybridized carbons (Fsp3) is 0.148. The Morgan fingerprint density at radius 1 is 1.03 bits per heavy atom. The Labute approximate surface area is 208 Å². The van der Waals surface area contributed by atoms with Crippen LogP contribution in [0.4, 0.5) is 5.69 Å². The summed E-state index contributed by atoms with van der Waals surface area (Å²) in [6, 6.07) is 23.6. The van der Waals surface area contributed by atoms with Gasteiger partial charge in [0.1, 0.15) is 6.61 Å². The maximum atomic E-state index is 6.35. The van der Waals surface area contributed by atoms with Crippen LogP contribution in [-0.2, 0) is 6.61 Å². The van der Waals surface area contributed by atoms with Crippen molar-refractivity contribution >= 4 is 17.4 Å². The Morgan fingerprint density at radius 3 is 2.69 bits per heavy atom.